The topological polar surface area (TPSA) is 72.3 Å². The molecule has 3 rings (SSSR count). The van der Waals surface area contributed by atoms with E-state index in [1.165, 1.54) is 0 Å². The zero-order valence-corrected chi connectivity index (χ0v) is 14.9. The quantitative estimate of drug-likeness (QED) is 0.789. The molecule has 0 bridgehead atoms. The number of hydrogen-bond donors (Lipinski definition) is 1. The van der Waals surface area contributed by atoms with Crippen LogP contribution in [-0.2, 0) is 29.2 Å². The lowest BCUT2D eigenvalue weighted by atomic mass is 10.1. The van der Waals surface area contributed by atoms with Gasteiger partial charge in [-0.3, -0.25) is 14.4 Å². The molecule has 0 spiro atoms. The van der Waals surface area contributed by atoms with E-state index in [1.54, 1.807) is 24.6 Å². The molecule has 1 aliphatic rings. The van der Waals surface area contributed by atoms with Crippen LogP contribution in [-0.4, -0.2) is 52.4 Å². The highest BCUT2D eigenvalue weighted by Gasteiger charge is 2.27. The molecule has 0 fully saturated rings. The van der Waals surface area contributed by atoms with Gasteiger partial charge in [-0.25, -0.2) is 4.98 Å². The minimum absolute atomic E-state index is 0.0508. The van der Waals surface area contributed by atoms with Gasteiger partial charge in [-0.15, -0.1) is 11.3 Å². The van der Waals surface area contributed by atoms with E-state index in [-0.39, 0.29) is 11.8 Å². The van der Waals surface area contributed by atoms with Crippen LogP contribution in [0.15, 0.2) is 17.6 Å². The van der Waals surface area contributed by atoms with Gasteiger partial charge in [0.2, 0.25) is 5.91 Å². The highest BCUT2D eigenvalue weighted by molar-refractivity contribution is 7.09. The molecule has 0 aromatic carbocycles. The smallest absolute Gasteiger partial charge is 0.226 e. The van der Waals surface area contributed by atoms with Crippen LogP contribution in [0.3, 0.4) is 0 Å². The van der Waals surface area contributed by atoms with Gasteiger partial charge in [-0.1, -0.05) is 0 Å². The summed E-state index contributed by atoms with van der Waals surface area (Å²) in [6.45, 7) is 5.89. The summed E-state index contributed by atoms with van der Waals surface area (Å²) in [7, 11) is 1.63. The third kappa shape index (κ3) is 4.19. The maximum absolute atomic E-state index is 12.5. The van der Waals surface area contributed by atoms with Crippen molar-refractivity contribution in [3.8, 4) is 0 Å². The van der Waals surface area contributed by atoms with Crippen molar-refractivity contribution in [3.05, 3.63) is 34.0 Å². The van der Waals surface area contributed by atoms with Gasteiger partial charge in [-0.05, 0) is 13.0 Å². The average molecular weight is 349 g/mol. The van der Waals surface area contributed by atoms with E-state index in [0.717, 1.165) is 29.5 Å². The van der Waals surface area contributed by atoms with E-state index >= 15 is 0 Å². The van der Waals surface area contributed by atoms with Crippen molar-refractivity contribution in [2.45, 2.75) is 26.6 Å². The summed E-state index contributed by atoms with van der Waals surface area (Å²) in [6.07, 6.45) is 1.80. The number of rotatable bonds is 6. The summed E-state index contributed by atoms with van der Waals surface area (Å²) in [5, 5.41) is 10.5. The van der Waals surface area contributed by atoms with Crippen molar-refractivity contribution in [1.29, 1.82) is 0 Å². The van der Waals surface area contributed by atoms with E-state index in [4.69, 9.17) is 4.74 Å². The van der Waals surface area contributed by atoms with Crippen LogP contribution in [0.2, 0.25) is 0 Å². The Labute approximate surface area is 145 Å². The van der Waals surface area contributed by atoms with Crippen molar-refractivity contribution in [2.75, 3.05) is 26.8 Å². The summed E-state index contributed by atoms with van der Waals surface area (Å²) in [5.74, 6) is -0.0856. The van der Waals surface area contributed by atoms with Crippen LogP contribution in [0.5, 0.6) is 0 Å². The minimum Gasteiger partial charge on any atom is -0.383 e. The van der Waals surface area contributed by atoms with Crippen molar-refractivity contribution in [1.82, 2.24) is 25.0 Å². The molecule has 2 aromatic heterocycles. The Hall–Kier alpha value is -1.77. The van der Waals surface area contributed by atoms with E-state index in [0.29, 0.717) is 26.2 Å². The van der Waals surface area contributed by atoms with Crippen LogP contribution < -0.4 is 5.32 Å². The standard InChI is InChI=1S/C16H23N5O2S/c1-12-19-14(11-24-12)9-20-7-13(16(22)17-5-6-23-2)8-21-15(10-20)3-4-18-21/h3-4,11,13H,5-10H2,1-2H3,(H,17,22). The van der Waals surface area contributed by atoms with Crippen LogP contribution in [0.4, 0.5) is 0 Å². The molecule has 1 unspecified atom stereocenters. The summed E-state index contributed by atoms with van der Waals surface area (Å²) < 4.78 is 6.94. The van der Waals surface area contributed by atoms with Crippen molar-refractivity contribution in [3.63, 3.8) is 0 Å². The monoisotopic (exact) mass is 349 g/mol. The second kappa shape index (κ2) is 7.87. The first-order chi connectivity index (χ1) is 11.7. The van der Waals surface area contributed by atoms with Crippen LogP contribution in [0.25, 0.3) is 0 Å². The molecule has 130 valence electrons. The summed E-state index contributed by atoms with van der Waals surface area (Å²) in [4.78, 5) is 19.3. The van der Waals surface area contributed by atoms with E-state index in [2.05, 4.69) is 25.7 Å². The zero-order chi connectivity index (χ0) is 16.9. The van der Waals surface area contributed by atoms with Crippen molar-refractivity contribution >= 4 is 17.2 Å². The number of amides is 1. The van der Waals surface area contributed by atoms with Crippen LogP contribution in [0.1, 0.15) is 16.4 Å². The van der Waals surface area contributed by atoms with Gasteiger partial charge < -0.3 is 10.1 Å². The molecule has 0 radical (unpaired) electrons. The number of ether oxygens (including phenoxy) is 1. The Morgan fingerprint density at radius 3 is 3.12 bits per heavy atom. The molecule has 0 aliphatic carbocycles. The average Bonchev–Trinajstić information content (AvgIpc) is 3.12. The minimum atomic E-state index is -0.136. The Bertz CT molecular complexity index is 684. The van der Waals surface area contributed by atoms with E-state index in [1.807, 2.05) is 17.7 Å². The van der Waals surface area contributed by atoms with Crippen molar-refractivity contribution < 1.29 is 9.53 Å². The third-order valence-electron chi connectivity index (χ3n) is 4.09. The number of nitrogens with zero attached hydrogens (tertiary/aromatic N) is 4. The van der Waals surface area contributed by atoms with E-state index in [9.17, 15) is 4.79 Å². The predicted molar refractivity (Wildman–Crippen MR) is 91.6 cm³/mol. The molecule has 24 heavy (non-hydrogen) atoms. The Kier molecular flexibility index (Phi) is 5.60. The van der Waals surface area contributed by atoms with Gasteiger partial charge in [0.25, 0.3) is 0 Å². The predicted octanol–water partition coefficient (Wildman–Crippen LogP) is 1.04. The maximum atomic E-state index is 12.5. The van der Waals surface area contributed by atoms with Gasteiger partial charge in [0.1, 0.15) is 0 Å². The molecule has 1 aliphatic heterocycles. The first kappa shape index (κ1) is 17.1. The number of carbonyl (C=O) groups is 1. The number of fused-ring (bicyclic) bond motifs is 1. The lowest BCUT2D eigenvalue weighted by Crippen LogP contribution is -2.40. The lowest BCUT2D eigenvalue weighted by molar-refractivity contribution is -0.126. The molecule has 1 amide bonds. The summed E-state index contributed by atoms with van der Waals surface area (Å²) in [6, 6.07) is 2.02. The van der Waals surface area contributed by atoms with Crippen LogP contribution in [0, 0.1) is 12.8 Å². The molecule has 2 aromatic rings. The van der Waals surface area contributed by atoms with Crippen LogP contribution >= 0.6 is 11.3 Å². The molecule has 0 saturated heterocycles. The Morgan fingerprint density at radius 2 is 2.38 bits per heavy atom. The van der Waals surface area contributed by atoms with Gasteiger partial charge in [0, 0.05) is 44.9 Å². The van der Waals surface area contributed by atoms with Gasteiger partial charge in [0.15, 0.2) is 0 Å². The fourth-order valence-electron chi connectivity index (χ4n) is 2.95. The molecular formula is C16H23N5O2S. The fourth-order valence-corrected chi connectivity index (χ4v) is 3.55. The largest absolute Gasteiger partial charge is 0.383 e. The number of thiazole rings is 1. The maximum Gasteiger partial charge on any atom is 0.226 e. The van der Waals surface area contributed by atoms with Crippen molar-refractivity contribution in [2.24, 2.45) is 5.92 Å². The van der Waals surface area contributed by atoms with Gasteiger partial charge in [0.05, 0.1) is 35.5 Å². The number of nitrogens with one attached hydrogen (secondary N) is 1. The molecular weight excluding hydrogens is 326 g/mol. The summed E-state index contributed by atoms with van der Waals surface area (Å²) in [5.41, 5.74) is 2.19. The van der Waals surface area contributed by atoms with Gasteiger partial charge in [-0.2, -0.15) is 5.10 Å². The van der Waals surface area contributed by atoms with Gasteiger partial charge >= 0.3 is 0 Å². The van der Waals surface area contributed by atoms with E-state index < -0.39 is 0 Å². The zero-order valence-electron chi connectivity index (χ0n) is 14.1. The molecule has 0 saturated carbocycles. The first-order valence-electron chi connectivity index (χ1n) is 8.06. The molecule has 8 heteroatoms. The lowest BCUT2D eigenvalue weighted by Gasteiger charge is -2.22. The third-order valence-corrected chi connectivity index (χ3v) is 4.91. The molecule has 7 nitrogen and oxygen atoms in total. The highest BCUT2D eigenvalue weighted by atomic mass is 32.1. The fraction of sp³-hybridized carbons (Fsp3) is 0.562. The SMILES string of the molecule is COCCNC(=O)C1CN(Cc2csc(C)n2)Cc2ccnn2C1. The Balaban J connectivity index is 1.71. The number of hydrogen-bond acceptors (Lipinski definition) is 6. The first-order valence-corrected chi connectivity index (χ1v) is 8.94. The highest BCUT2D eigenvalue weighted by Crippen LogP contribution is 2.19. The number of aryl methyl sites for hydroxylation is 1. The normalized spacial score (nSPS) is 18.2. The second-order valence-corrected chi connectivity index (χ2v) is 7.08. The molecule has 3 heterocycles. The Morgan fingerprint density at radius 1 is 1.50 bits per heavy atom. The number of aromatic nitrogens is 3. The number of methoxy groups -OCH3 is 1. The molecule has 1 N–H and O–H groups in total. The second-order valence-electron chi connectivity index (χ2n) is 6.01. The number of carbonyl (C=O) groups excluding carboxylic acids is 1. The molecule has 1 atom stereocenters. The summed E-state index contributed by atoms with van der Waals surface area (Å²) >= 11 is 1.66.